The van der Waals surface area contributed by atoms with Gasteiger partial charge in [-0.05, 0) is 80.0 Å². The third kappa shape index (κ3) is 4.15. The van der Waals surface area contributed by atoms with Gasteiger partial charge in [-0.25, -0.2) is 22.9 Å². The molecule has 2 aliphatic rings. The molecule has 2 amide bonds. The van der Waals surface area contributed by atoms with E-state index >= 15 is 0 Å². The summed E-state index contributed by atoms with van der Waals surface area (Å²) >= 11 is 0. The summed E-state index contributed by atoms with van der Waals surface area (Å²) in [5, 5.41) is 12.6. The first-order chi connectivity index (χ1) is 14.8. The molecule has 174 valence electrons. The predicted molar refractivity (Wildman–Crippen MR) is 119 cm³/mol. The van der Waals surface area contributed by atoms with Gasteiger partial charge in [-0.1, -0.05) is 13.8 Å². The van der Waals surface area contributed by atoms with Crippen molar-refractivity contribution in [2.45, 2.75) is 75.9 Å². The molecule has 4 N–H and O–H groups in total. The number of halogens is 1. The minimum Gasteiger partial charge on any atom is -0.452 e. The highest BCUT2D eigenvalue weighted by Gasteiger charge is 2.42. The zero-order valence-electron chi connectivity index (χ0n) is 18.8. The van der Waals surface area contributed by atoms with Gasteiger partial charge in [-0.2, -0.15) is 0 Å². The van der Waals surface area contributed by atoms with E-state index in [2.05, 4.69) is 23.9 Å². The summed E-state index contributed by atoms with van der Waals surface area (Å²) in [6.07, 6.45) is 5.39. The molecule has 2 aliphatic carbocycles. The third-order valence-electron chi connectivity index (χ3n) is 6.68. The fraction of sp³-hybridized carbons (Fsp3) is 0.522. The number of furan rings is 1. The van der Waals surface area contributed by atoms with Crippen LogP contribution in [0.4, 0.5) is 14.9 Å². The molecule has 0 aliphatic heterocycles. The zero-order valence-corrected chi connectivity index (χ0v) is 19.6. The van der Waals surface area contributed by atoms with Gasteiger partial charge in [-0.3, -0.25) is 0 Å². The van der Waals surface area contributed by atoms with E-state index in [1.807, 2.05) is 0 Å². The lowest BCUT2D eigenvalue weighted by Gasteiger charge is -2.30. The molecule has 0 radical (unpaired) electrons. The second kappa shape index (κ2) is 7.59. The summed E-state index contributed by atoms with van der Waals surface area (Å²) in [4.78, 5) is 12.8. The van der Waals surface area contributed by atoms with Gasteiger partial charge in [0.25, 0.3) is 0 Å². The Morgan fingerprint density at radius 3 is 2.47 bits per heavy atom. The molecule has 1 aromatic carbocycles. The highest BCUT2D eigenvalue weighted by molar-refractivity contribution is 7.91. The Kier molecular flexibility index (Phi) is 5.40. The zero-order chi connectivity index (χ0) is 23.5. The van der Waals surface area contributed by atoms with Crippen molar-refractivity contribution in [3.8, 4) is 0 Å². The van der Waals surface area contributed by atoms with Crippen LogP contribution in [0.25, 0.3) is 0 Å². The fourth-order valence-electron chi connectivity index (χ4n) is 4.52. The van der Waals surface area contributed by atoms with Crippen LogP contribution < -0.4 is 10.0 Å². The second-order valence-corrected chi connectivity index (χ2v) is 11.6. The molecule has 0 bridgehead atoms. The van der Waals surface area contributed by atoms with E-state index < -0.39 is 21.5 Å². The van der Waals surface area contributed by atoms with Crippen LogP contribution in [0.1, 0.15) is 69.2 Å². The van der Waals surface area contributed by atoms with Gasteiger partial charge in [0.2, 0.25) is 5.09 Å². The number of nitrogens with one attached hydrogen (secondary N) is 3. The first kappa shape index (κ1) is 22.8. The average Bonchev–Trinajstić information content (AvgIpc) is 3.20. The smallest absolute Gasteiger partial charge is 0.332 e. The van der Waals surface area contributed by atoms with Crippen LogP contribution in [0.15, 0.2) is 27.9 Å². The molecule has 1 fully saturated rings. The second-order valence-electron chi connectivity index (χ2n) is 9.91. The minimum absolute atomic E-state index is 0.244. The maximum atomic E-state index is 14.8. The van der Waals surface area contributed by atoms with Crippen LogP contribution in [0.2, 0.25) is 0 Å². The highest BCUT2D eigenvalue weighted by Crippen LogP contribution is 2.50. The van der Waals surface area contributed by atoms with Crippen molar-refractivity contribution < 1.29 is 22.9 Å². The quantitative estimate of drug-likeness (QED) is 0.484. The molecular weight excluding hydrogens is 433 g/mol. The maximum absolute atomic E-state index is 14.8. The molecule has 0 spiro atoms. The number of rotatable bonds is 6. The predicted octanol–water partition coefficient (Wildman–Crippen LogP) is 4.96. The standard InChI is InChI=1S/C23H30FN3O4S/c1-22(2,13-8-9-13)17-11-18(24)15-6-5-7-16(15)20(17)26-21(28)27-32(25,30)19-10-14(12-31-19)23(3,4)29/h10-13,29H,5-9H2,1-4H3,(H3,25,26,27,28,30). The number of benzene rings is 1. The molecule has 4 rings (SSSR count). The van der Waals surface area contributed by atoms with Crippen molar-refractivity contribution in [2.24, 2.45) is 5.92 Å². The molecule has 0 saturated heterocycles. The lowest BCUT2D eigenvalue weighted by Crippen LogP contribution is -2.35. The molecule has 2 aromatic rings. The van der Waals surface area contributed by atoms with Gasteiger partial charge in [0.1, 0.15) is 5.82 Å². The van der Waals surface area contributed by atoms with Crippen LogP contribution in [0.5, 0.6) is 0 Å². The Hall–Kier alpha value is -2.39. The Morgan fingerprint density at radius 2 is 1.88 bits per heavy atom. The van der Waals surface area contributed by atoms with Crippen LogP contribution >= 0.6 is 0 Å². The normalized spacial score (nSPS) is 18.2. The van der Waals surface area contributed by atoms with E-state index in [-0.39, 0.29) is 16.3 Å². The summed E-state index contributed by atoms with van der Waals surface area (Å²) in [6, 6.07) is 2.00. The largest absolute Gasteiger partial charge is 0.452 e. The molecule has 1 saturated carbocycles. The molecule has 1 heterocycles. The third-order valence-corrected chi connectivity index (χ3v) is 7.93. The monoisotopic (exact) mass is 463 g/mol. The van der Waals surface area contributed by atoms with Crippen LogP contribution in [-0.2, 0) is 33.8 Å². The Balaban J connectivity index is 1.63. The Bertz CT molecular complexity index is 1170. The lowest BCUT2D eigenvalue weighted by atomic mass is 9.77. The summed E-state index contributed by atoms with van der Waals surface area (Å²) in [5.41, 5.74) is 1.46. The van der Waals surface area contributed by atoms with E-state index in [0.717, 1.165) is 30.4 Å². The molecule has 1 aromatic heterocycles. The maximum Gasteiger partial charge on any atom is 0.332 e. The molecule has 32 heavy (non-hydrogen) atoms. The number of hydrogen-bond donors (Lipinski definition) is 4. The van der Waals surface area contributed by atoms with Crippen molar-refractivity contribution in [1.82, 2.24) is 4.72 Å². The number of urea groups is 1. The van der Waals surface area contributed by atoms with E-state index in [4.69, 9.17) is 9.20 Å². The van der Waals surface area contributed by atoms with Gasteiger partial charge in [0.15, 0.2) is 9.92 Å². The first-order valence-electron chi connectivity index (χ1n) is 10.8. The average molecular weight is 464 g/mol. The molecule has 1 unspecified atom stereocenters. The number of carbonyl (C=O) groups is 1. The summed E-state index contributed by atoms with van der Waals surface area (Å²) in [7, 11) is -3.81. The van der Waals surface area contributed by atoms with E-state index in [1.54, 1.807) is 0 Å². The SMILES string of the molecule is CC(C)(O)c1coc(S(=N)(=O)NC(=O)Nc2c(C(C)(C)C3CC3)cc(F)c3c2CCC3)c1. The fourth-order valence-corrected chi connectivity index (χ4v) is 5.40. The number of hydrogen-bond acceptors (Lipinski definition) is 5. The van der Waals surface area contributed by atoms with Gasteiger partial charge >= 0.3 is 6.03 Å². The Labute approximate surface area is 187 Å². The summed E-state index contributed by atoms with van der Waals surface area (Å²) in [6.45, 7) is 7.18. The number of anilines is 1. The molecule has 7 nitrogen and oxygen atoms in total. The Morgan fingerprint density at radius 1 is 1.22 bits per heavy atom. The van der Waals surface area contributed by atoms with Gasteiger partial charge < -0.3 is 14.8 Å². The minimum atomic E-state index is -3.81. The summed E-state index contributed by atoms with van der Waals surface area (Å²) < 4.78 is 43.2. The van der Waals surface area contributed by atoms with Gasteiger partial charge in [0.05, 0.1) is 11.9 Å². The number of fused-ring (bicyclic) bond motifs is 1. The lowest BCUT2D eigenvalue weighted by molar-refractivity contribution is 0.0779. The topological polar surface area (TPSA) is 115 Å². The van der Waals surface area contributed by atoms with Gasteiger partial charge in [0, 0.05) is 17.3 Å². The van der Waals surface area contributed by atoms with E-state index in [9.17, 15) is 18.5 Å². The van der Waals surface area contributed by atoms with Crippen molar-refractivity contribution in [3.05, 3.63) is 46.5 Å². The molecule has 9 heteroatoms. The summed E-state index contributed by atoms with van der Waals surface area (Å²) in [5.74, 6) is 0.167. The highest BCUT2D eigenvalue weighted by atomic mass is 32.2. The molecular formula is C23H30FN3O4S. The van der Waals surface area contributed by atoms with Gasteiger partial charge in [-0.15, -0.1) is 0 Å². The van der Waals surface area contributed by atoms with Crippen LogP contribution in [0.3, 0.4) is 0 Å². The van der Waals surface area contributed by atoms with Crippen molar-refractivity contribution in [3.63, 3.8) is 0 Å². The van der Waals surface area contributed by atoms with E-state index in [1.165, 1.54) is 32.2 Å². The van der Waals surface area contributed by atoms with Crippen molar-refractivity contribution >= 4 is 21.6 Å². The van der Waals surface area contributed by atoms with Crippen LogP contribution in [0, 0.1) is 16.5 Å². The number of amides is 2. The number of aliphatic hydroxyl groups is 1. The van der Waals surface area contributed by atoms with Crippen molar-refractivity contribution in [2.75, 3.05) is 5.32 Å². The number of carbonyl (C=O) groups excluding carboxylic acids is 1. The van der Waals surface area contributed by atoms with E-state index in [0.29, 0.717) is 35.6 Å². The van der Waals surface area contributed by atoms with Crippen LogP contribution in [-0.4, -0.2) is 15.3 Å². The first-order valence-corrected chi connectivity index (χ1v) is 12.4. The molecule has 1 atom stereocenters. The van der Waals surface area contributed by atoms with Crippen molar-refractivity contribution in [1.29, 1.82) is 4.78 Å².